The van der Waals surface area contributed by atoms with E-state index in [-0.39, 0.29) is 46.8 Å². The van der Waals surface area contributed by atoms with Crippen molar-refractivity contribution in [3.63, 3.8) is 0 Å². The van der Waals surface area contributed by atoms with Crippen molar-refractivity contribution in [2.45, 2.75) is 6.61 Å². The third-order valence-electron chi connectivity index (χ3n) is 2.51. The monoisotopic (exact) mass is 287 g/mol. The number of nitrogens with zero attached hydrogens (tertiary/aromatic N) is 1. The van der Waals surface area contributed by atoms with E-state index in [2.05, 4.69) is 4.98 Å². The molecular formula is C13H11ClNNaO3. The van der Waals surface area contributed by atoms with E-state index in [1.807, 2.05) is 0 Å². The van der Waals surface area contributed by atoms with Crippen molar-refractivity contribution in [2.24, 2.45) is 0 Å². The van der Waals surface area contributed by atoms with Crippen molar-refractivity contribution in [2.75, 3.05) is 0 Å². The Kier molecular flexibility index (Phi) is 5.97. The second-order valence-electron chi connectivity index (χ2n) is 3.74. The Labute approximate surface area is 137 Å². The van der Waals surface area contributed by atoms with Gasteiger partial charge in [0.1, 0.15) is 0 Å². The average Bonchev–Trinajstić information content (AvgIpc) is 2.38. The summed E-state index contributed by atoms with van der Waals surface area (Å²) in [7, 11) is 0. The fourth-order valence-electron chi connectivity index (χ4n) is 1.60. The SMILES string of the molecule is O=C(O)c1ccc(-c2cncc(CO)c2)cc1Cl.[NaH]. The van der Waals surface area contributed by atoms with Gasteiger partial charge in [-0.2, -0.15) is 0 Å². The zero-order valence-corrected chi connectivity index (χ0v) is 10.1. The zero-order chi connectivity index (χ0) is 13.1. The Morgan fingerprint density at radius 2 is 1.95 bits per heavy atom. The van der Waals surface area contributed by atoms with Gasteiger partial charge in [0.15, 0.2) is 0 Å². The van der Waals surface area contributed by atoms with E-state index in [0.717, 1.165) is 11.1 Å². The van der Waals surface area contributed by atoms with Crippen LogP contribution >= 0.6 is 11.6 Å². The fourth-order valence-corrected chi connectivity index (χ4v) is 1.86. The predicted molar refractivity (Wildman–Crippen MR) is 74.7 cm³/mol. The average molecular weight is 288 g/mol. The van der Waals surface area contributed by atoms with Gasteiger partial charge in [-0.05, 0) is 29.3 Å². The van der Waals surface area contributed by atoms with Gasteiger partial charge >= 0.3 is 35.5 Å². The van der Waals surface area contributed by atoms with Crippen molar-refractivity contribution < 1.29 is 15.0 Å². The quantitative estimate of drug-likeness (QED) is 0.847. The van der Waals surface area contributed by atoms with E-state index in [1.165, 1.54) is 6.07 Å². The van der Waals surface area contributed by atoms with Gasteiger partial charge in [-0.3, -0.25) is 4.98 Å². The number of benzene rings is 1. The summed E-state index contributed by atoms with van der Waals surface area (Å²) in [6, 6.07) is 6.46. The summed E-state index contributed by atoms with van der Waals surface area (Å²) in [6.45, 7) is -0.0955. The van der Waals surface area contributed by atoms with Gasteiger partial charge < -0.3 is 10.2 Å². The van der Waals surface area contributed by atoms with Gasteiger partial charge in [-0.15, -0.1) is 0 Å². The van der Waals surface area contributed by atoms with Gasteiger partial charge in [-0.1, -0.05) is 17.7 Å². The van der Waals surface area contributed by atoms with Crippen LogP contribution in [0.5, 0.6) is 0 Å². The van der Waals surface area contributed by atoms with Crippen LogP contribution < -0.4 is 0 Å². The summed E-state index contributed by atoms with van der Waals surface area (Å²) in [5.41, 5.74) is 2.28. The van der Waals surface area contributed by atoms with Crippen LogP contribution in [-0.2, 0) is 6.61 Å². The van der Waals surface area contributed by atoms with Crippen LogP contribution in [0.4, 0.5) is 0 Å². The first-order valence-electron chi connectivity index (χ1n) is 5.20. The van der Waals surface area contributed by atoms with Crippen molar-refractivity contribution in [1.29, 1.82) is 0 Å². The topological polar surface area (TPSA) is 70.4 Å². The van der Waals surface area contributed by atoms with Crippen LogP contribution in [0.15, 0.2) is 36.7 Å². The van der Waals surface area contributed by atoms with E-state index in [0.29, 0.717) is 5.56 Å². The number of hydrogen-bond donors (Lipinski definition) is 2. The molecule has 1 heterocycles. The molecule has 2 rings (SSSR count). The maximum atomic E-state index is 10.8. The summed E-state index contributed by atoms with van der Waals surface area (Å²) in [4.78, 5) is 14.8. The number of carbonyl (C=O) groups is 1. The number of carboxylic acid groups (broad SMARTS) is 1. The van der Waals surface area contributed by atoms with Gasteiger partial charge in [-0.25, -0.2) is 4.79 Å². The van der Waals surface area contributed by atoms with Gasteiger partial charge in [0, 0.05) is 18.0 Å². The number of aliphatic hydroxyl groups is 1. The zero-order valence-electron chi connectivity index (χ0n) is 9.30. The first kappa shape index (κ1) is 16.1. The molecule has 2 N–H and O–H groups in total. The molecule has 19 heavy (non-hydrogen) atoms. The molecule has 2 aromatic rings. The molecule has 0 atom stereocenters. The van der Waals surface area contributed by atoms with Crippen molar-refractivity contribution in [3.05, 3.63) is 52.8 Å². The second-order valence-corrected chi connectivity index (χ2v) is 4.15. The molecule has 1 aromatic heterocycles. The van der Waals surface area contributed by atoms with Crippen LogP contribution in [-0.4, -0.2) is 50.7 Å². The van der Waals surface area contributed by atoms with Crippen LogP contribution in [0, 0.1) is 0 Å². The summed E-state index contributed by atoms with van der Waals surface area (Å²) < 4.78 is 0. The van der Waals surface area contributed by atoms with E-state index >= 15 is 0 Å². The van der Waals surface area contributed by atoms with E-state index in [1.54, 1.807) is 30.6 Å². The Bertz CT molecular complexity index is 604. The van der Waals surface area contributed by atoms with Crippen LogP contribution in [0.2, 0.25) is 5.02 Å². The second kappa shape index (κ2) is 7.03. The predicted octanol–water partition coefficient (Wildman–Crippen LogP) is 1.94. The third kappa shape index (κ3) is 3.78. The first-order chi connectivity index (χ1) is 8.61. The molecule has 6 heteroatoms. The van der Waals surface area contributed by atoms with Gasteiger partial charge in [0.25, 0.3) is 0 Å². The summed E-state index contributed by atoms with van der Waals surface area (Å²) >= 11 is 5.90. The molecule has 0 radical (unpaired) electrons. The molecule has 0 amide bonds. The van der Waals surface area contributed by atoms with Gasteiger partial charge in [0.05, 0.1) is 17.2 Å². The van der Waals surface area contributed by atoms with Crippen LogP contribution in [0.1, 0.15) is 15.9 Å². The summed E-state index contributed by atoms with van der Waals surface area (Å²) in [6.07, 6.45) is 3.20. The van der Waals surface area contributed by atoms with Gasteiger partial charge in [0.2, 0.25) is 0 Å². The number of halogens is 1. The number of aliphatic hydroxyl groups excluding tert-OH is 1. The Morgan fingerprint density at radius 3 is 2.53 bits per heavy atom. The Hall–Kier alpha value is -0.910. The molecule has 0 spiro atoms. The standard InChI is InChI=1S/C13H10ClNO3.Na.H/c14-12-4-9(1-2-11(12)13(17)18)10-3-8(7-16)5-15-6-10;;/h1-6,16H,7H2,(H,17,18);;. The number of rotatable bonds is 3. The van der Waals surface area contributed by atoms with Crippen LogP contribution in [0.25, 0.3) is 11.1 Å². The van der Waals surface area contributed by atoms with E-state index in [4.69, 9.17) is 21.8 Å². The number of aromatic nitrogens is 1. The first-order valence-corrected chi connectivity index (χ1v) is 5.57. The Balaban J connectivity index is 0.00000180. The molecular weight excluding hydrogens is 277 g/mol. The molecule has 0 saturated heterocycles. The van der Waals surface area contributed by atoms with Crippen molar-refractivity contribution in [3.8, 4) is 11.1 Å². The van der Waals surface area contributed by atoms with Crippen LogP contribution in [0.3, 0.4) is 0 Å². The molecule has 1 aromatic carbocycles. The minimum atomic E-state index is -1.06. The normalized spacial score (nSPS) is 9.79. The molecule has 0 aliphatic carbocycles. The molecule has 0 unspecified atom stereocenters. The molecule has 0 aliphatic heterocycles. The summed E-state index contributed by atoms with van der Waals surface area (Å²) in [5.74, 6) is -1.06. The van der Waals surface area contributed by atoms with Crippen molar-refractivity contribution >= 4 is 47.1 Å². The van der Waals surface area contributed by atoms with Crippen molar-refractivity contribution in [1.82, 2.24) is 4.98 Å². The Morgan fingerprint density at radius 1 is 1.21 bits per heavy atom. The third-order valence-corrected chi connectivity index (χ3v) is 2.82. The molecule has 0 fully saturated rings. The van der Waals surface area contributed by atoms with E-state index in [9.17, 15) is 4.79 Å². The molecule has 0 bridgehead atoms. The number of hydrogen-bond acceptors (Lipinski definition) is 3. The number of carboxylic acids is 1. The molecule has 94 valence electrons. The maximum absolute atomic E-state index is 10.8. The molecule has 0 saturated carbocycles. The number of aromatic carboxylic acids is 1. The minimum absolute atomic E-state index is 0. The number of pyridine rings is 1. The molecule has 4 nitrogen and oxygen atoms in total. The summed E-state index contributed by atoms with van der Waals surface area (Å²) in [5, 5.41) is 18.1. The van der Waals surface area contributed by atoms with E-state index < -0.39 is 5.97 Å². The fraction of sp³-hybridized carbons (Fsp3) is 0.0769. The molecule has 0 aliphatic rings.